The zero-order chi connectivity index (χ0) is 17.3. The molecule has 0 atom stereocenters. The molecule has 0 fully saturated rings. The van der Waals surface area contributed by atoms with E-state index in [0.717, 1.165) is 0 Å². The van der Waals surface area contributed by atoms with Crippen molar-refractivity contribution in [2.75, 3.05) is 13.2 Å². The number of carbonyl (C=O) groups excluding carboxylic acids is 2. The van der Waals surface area contributed by atoms with Crippen LogP contribution in [0.25, 0.3) is 0 Å². The number of benzene rings is 2. The zero-order valence-electron chi connectivity index (χ0n) is 13.4. The Balaban J connectivity index is 2.26. The first-order valence-corrected chi connectivity index (χ1v) is 9.29. The fourth-order valence-corrected chi connectivity index (χ4v) is 4.67. The Morgan fingerprint density at radius 3 is 1.92 bits per heavy atom. The summed E-state index contributed by atoms with van der Waals surface area (Å²) in [5.74, 6) is -0.600. The molecule has 0 saturated heterocycles. The van der Waals surface area contributed by atoms with Crippen LogP contribution in [-0.4, -0.2) is 24.8 Å². The van der Waals surface area contributed by atoms with Crippen LogP contribution in [0.3, 0.4) is 0 Å². The first-order valence-electron chi connectivity index (χ1n) is 7.74. The Bertz CT molecular complexity index is 861. The monoisotopic (exact) mass is 344 g/mol. The van der Waals surface area contributed by atoms with Gasteiger partial charge in [-0.1, -0.05) is 36.4 Å². The molecule has 0 aliphatic heterocycles. The summed E-state index contributed by atoms with van der Waals surface area (Å²) in [5.41, 5.74) is 1.01. The maximum Gasteiger partial charge on any atom is 0.362 e. The SMILES string of the molecule is CCOP(=O)(OCC)c1cccc2c1C(=O)c1ccccc1C2=O. The minimum Gasteiger partial charge on any atom is -0.305 e. The van der Waals surface area contributed by atoms with Crippen molar-refractivity contribution >= 4 is 24.5 Å². The minimum atomic E-state index is -3.68. The summed E-state index contributed by atoms with van der Waals surface area (Å²) in [6.45, 7) is 3.73. The molecule has 0 bridgehead atoms. The number of ketones is 2. The molecule has 124 valence electrons. The van der Waals surface area contributed by atoms with Crippen molar-refractivity contribution in [3.8, 4) is 0 Å². The van der Waals surface area contributed by atoms with Gasteiger partial charge in [0.25, 0.3) is 0 Å². The first kappa shape index (κ1) is 16.8. The van der Waals surface area contributed by atoms with Crippen molar-refractivity contribution < 1.29 is 23.2 Å². The second-order valence-electron chi connectivity index (χ2n) is 5.24. The van der Waals surface area contributed by atoms with E-state index in [1.165, 1.54) is 6.07 Å². The summed E-state index contributed by atoms with van der Waals surface area (Å²) >= 11 is 0. The Labute approximate surface area is 140 Å². The second kappa shape index (κ2) is 6.44. The fraction of sp³-hybridized carbons (Fsp3) is 0.222. The van der Waals surface area contributed by atoms with E-state index in [1.807, 2.05) is 0 Å². The van der Waals surface area contributed by atoms with Crippen LogP contribution in [0.15, 0.2) is 42.5 Å². The molecule has 2 aromatic rings. The van der Waals surface area contributed by atoms with Gasteiger partial charge in [-0.25, -0.2) is 0 Å². The van der Waals surface area contributed by atoms with E-state index >= 15 is 0 Å². The quantitative estimate of drug-likeness (QED) is 0.664. The van der Waals surface area contributed by atoms with Gasteiger partial charge in [-0.05, 0) is 19.9 Å². The first-order chi connectivity index (χ1) is 11.5. The van der Waals surface area contributed by atoms with Crippen molar-refractivity contribution in [2.24, 2.45) is 0 Å². The van der Waals surface area contributed by atoms with E-state index in [4.69, 9.17) is 9.05 Å². The fourth-order valence-electron chi connectivity index (χ4n) is 2.87. The van der Waals surface area contributed by atoms with Gasteiger partial charge in [-0.3, -0.25) is 14.2 Å². The highest BCUT2D eigenvalue weighted by atomic mass is 31.2. The van der Waals surface area contributed by atoms with Gasteiger partial charge in [0, 0.05) is 22.3 Å². The molecule has 0 aromatic heterocycles. The number of fused-ring (bicyclic) bond motifs is 2. The molecule has 0 unspecified atom stereocenters. The summed E-state index contributed by atoms with van der Waals surface area (Å²) in [5, 5.41) is 0.150. The predicted octanol–water partition coefficient (Wildman–Crippen LogP) is 3.35. The van der Waals surface area contributed by atoms with Gasteiger partial charge in [-0.15, -0.1) is 0 Å². The van der Waals surface area contributed by atoms with Crippen LogP contribution >= 0.6 is 7.60 Å². The van der Waals surface area contributed by atoms with E-state index in [1.54, 1.807) is 50.2 Å². The lowest BCUT2D eigenvalue weighted by atomic mass is 9.84. The van der Waals surface area contributed by atoms with Crippen molar-refractivity contribution in [3.05, 3.63) is 64.7 Å². The third-order valence-corrected chi connectivity index (χ3v) is 5.98. The van der Waals surface area contributed by atoms with Crippen molar-refractivity contribution in [3.63, 3.8) is 0 Å². The Morgan fingerprint density at radius 1 is 0.792 bits per heavy atom. The average Bonchev–Trinajstić information content (AvgIpc) is 2.59. The molecular weight excluding hydrogens is 327 g/mol. The molecule has 0 amide bonds. The summed E-state index contributed by atoms with van der Waals surface area (Å²) in [6.07, 6.45) is 0. The molecule has 0 heterocycles. The average molecular weight is 344 g/mol. The standard InChI is InChI=1S/C18H17O5P/c1-3-22-24(21,23-4-2)15-11-7-10-14-16(15)18(20)13-9-6-5-8-12(13)17(14)19/h5-11H,3-4H2,1-2H3. The number of hydrogen-bond acceptors (Lipinski definition) is 5. The van der Waals surface area contributed by atoms with Crippen LogP contribution < -0.4 is 5.30 Å². The molecule has 6 heteroatoms. The van der Waals surface area contributed by atoms with Crippen LogP contribution in [0.1, 0.15) is 45.7 Å². The van der Waals surface area contributed by atoms with Crippen molar-refractivity contribution in [1.82, 2.24) is 0 Å². The largest absolute Gasteiger partial charge is 0.362 e. The lowest BCUT2D eigenvalue weighted by Crippen LogP contribution is -2.28. The molecule has 0 saturated carbocycles. The molecule has 2 aromatic carbocycles. The van der Waals surface area contributed by atoms with Crippen LogP contribution in [0.4, 0.5) is 0 Å². The highest BCUT2D eigenvalue weighted by Gasteiger charge is 2.38. The minimum absolute atomic E-state index is 0.117. The van der Waals surface area contributed by atoms with E-state index in [2.05, 4.69) is 0 Å². The molecule has 0 radical (unpaired) electrons. The topological polar surface area (TPSA) is 69.7 Å². The van der Waals surface area contributed by atoms with Crippen LogP contribution in [0, 0.1) is 0 Å². The highest BCUT2D eigenvalue weighted by Crippen LogP contribution is 2.48. The molecule has 24 heavy (non-hydrogen) atoms. The van der Waals surface area contributed by atoms with Crippen LogP contribution in [-0.2, 0) is 13.6 Å². The van der Waals surface area contributed by atoms with Gasteiger partial charge in [0.15, 0.2) is 11.6 Å². The Hall–Kier alpha value is -2.07. The third kappa shape index (κ3) is 2.55. The summed E-state index contributed by atoms with van der Waals surface area (Å²) < 4.78 is 23.9. The summed E-state index contributed by atoms with van der Waals surface area (Å²) in [6, 6.07) is 11.3. The van der Waals surface area contributed by atoms with Gasteiger partial charge < -0.3 is 9.05 Å². The molecule has 1 aliphatic carbocycles. The number of rotatable bonds is 5. The van der Waals surface area contributed by atoms with Crippen LogP contribution in [0.2, 0.25) is 0 Å². The number of hydrogen-bond donors (Lipinski definition) is 0. The highest BCUT2D eigenvalue weighted by molar-refractivity contribution is 7.62. The van der Waals surface area contributed by atoms with Crippen LogP contribution in [0.5, 0.6) is 0 Å². The lowest BCUT2D eigenvalue weighted by Gasteiger charge is -2.24. The van der Waals surface area contributed by atoms with Crippen molar-refractivity contribution in [1.29, 1.82) is 0 Å². The molecule has 1 aliphatic rings. The Kier molecular flexibility index (Phi) is 4.50. The molecule has 0 N–H and O–H groups in total. The predicted molar refractivity (Wildman–Crippen MR) is 90.2 cm³/mol. The normalized spacial score (nSPS) is 13.6. The molecular formula is C18H17O5P. The molecule has 0 spiro atoms. The Morgan fingerprint density at radius 2 is 1.33 bits per heavy atom. The smallest absolute Gasteiger partial charge is 0.305 e. The maximum absolute atomic E-state index is 13.1. The third-order valence-electron chi connectivity index (χ3n) is 3.82. The van der Waals surface area contributed by atoms with E-state index in [9.17, 15) is 14.2 Å². The molecule has 3 rings (SSSR count). The zero-order valence-corrected chi connectivity index (χ0v) is 14.3. The summed E-state index contributed by atoms with van der Waals surface area (Å²) in [7, 11) is -3.68. The van der Waals surface area contributed by atoms with Gasteiger partial charge in [0.1, 0.15) is 0 Å². The van der Waals surface area contributed by atoms with Gasteiger partial charge >= 0.3 is 7.60 Å². The van der Waals surface area contributed by atoms with Gasteiger partial charge in [-0.2, -0.15) is 0 Å². The summed E-state index contributed by atoms with van der Waals surface area (Å²) in [4.78, 5) is 25.7. The van der Waals surface area contributed by atoms with E-state index in [-0.39, 0.29) is 41.2 Å². The molecule has 5 nitrogen and oxygen atoms in total. The number of carbonyl (C=O) groups is 2. The van der Waals surface area contributed by atoms with E-state index < -0.39 is 7.60 Å². The van der Waals surface area contributed by atoms with E-state index in [0.29, 0.717) is 11.1 Å². The lowest BCUT2D eigenvalue weighted by molar-refractivity contribution is 0.0979. The second-order valence-corrected chi connectivity index (χ2v) is 7.23. The maximum atomic E-state index is 13.1. The van der Waals surface area contributed by atoms with Gasteiger partial charge in [0.05, 0.1) is 18.5 Å². The van der Waals surface area contributed by atoms with Crippen molar-refractivity contribution in [2.45, 2.75) is 13.8 Å². The van der Waals surface area contributed by atoms with Gasteiger partial charge in [0.2, 0.25) is 0 Å².